The average Bonchev–Trinajstić information content (AvgIpc) is 2.19. The maximum Gasteiger partial charge on any atom is 0.508 e. The Morgan fingerprint density at radius 3 is 1.79 bits per heavy atom. The molecule has 0 radical (unpaired) electrons. The molecular formula is C9H20N2O3. The van der Waals surface area contributed by atoms with Gasteiger partial charge in [-0.15, -0.1) is 0 Å². The minimum absolute atomic E-state index is 0.355. The zero-order valence-electron chi connectivity index (χ0n) is 8.97. The molecule has 0 aromatic carbocycles. The van der Waals surface area contributed by atoms with Gasteiger partial charge in [-0.2, -0.15) is 0 Å². The third-order valence-electron chi connectivity index (χ3n) is 1.50. The number of ether oxygens (including phenoxy) is 2. The van der Waals surface area contributed by atoms with Gasteiger partial charge in [-0.1, -0.05) is 13.8 Å². The average molecular weight is 204 g/mol. The lowest BCUT2D eigenvalue weighted by Gasteiger charge is -2.06. The van der Waals surface area contributed by atoms with Crippen molar-refractivity contribution in [2.45, 2.75) is 13.8 Å². The van der Waals surface area contributed by atoms with Crippen LogP contribution >= 0.6 is 0 Å². The first-order valence-electron chi connectivity index (χ1n) is 5.02. The van der Waals surface area contributed by atoms with E-state index < -0.39 is 6.16 Å². The second kappa shape index (κ2) is 10.3. The summed E-state index contributed by atoms with van der Waals surface area (Å²) in [5.74, 6) is 0. The van der Waals surface area contributed by atoms with Gasteiger partial charge >= 0.3 is 6.16 Å². The molecule has 0 atom stereocenters. The van der Waals surface area contributed by atoms with Gasteiger partial charge in [-0.05, 0) is 13.1 Å². The van der Waals surface area contributed by atoms with Crippen LogP contribution < -0.4 is 10.6 Å². The minimum Gasteiger partial charge on any atom is -0.433 e. The summed E-state index contributed by atoms with van der Waals surface area (Å²) >= 11 is 0. The molecule has 5 heteroatoms. The van der Waals surface area contributed by atoms with Crippen molar-refractivity contribution in [2.75, 3.05) is 39.4 Å². The number of carbonyl (C=O) groups is 1. The SMILES string of the molecule is CCNCCOC(=O)OCCNCC. The molecule has 0 unspecified atom stereocenters. The lowest BCUT2D eigenvalue weighted by atomic mass is 10.6. The Bertz CT molecular complexity index is 128. The minimum atomic E-state index is -0.596. The van der Waals surface area contributed by atoms with E-state index in [9.17, 15) is 4.79 Å². The molecule has 0 bridgehead atoms. The lowest BCUT2D eigenvalue weighted by Crippen LogP contribution is -2.24. The van der Waals surface area contributed by atoms with Gasteiger partial charge in [-0.3, -0.25) is 0 Å². The summed E-state index contributed by atoms with van der Waals surface area (Å²) in [7, 11) is 0. The largest absolute Gasteiger partial charge is 0.508 e. The highest BCUT2D eigenvalue weighted by Crippen LogP contribution is 1.83. The topological polar surface area (TPSA) is 59.6 Å². The number of hydrogen-bond acceptors (Lipinski definition) is 5. The molecule has 5 nitrogen and oxygen atoms in total. The van der Waals surface area contributed by atoms with Crippen molar-refractivity contribution in [1.29, 1.82) is 0 Å². The van der Waals surface area contributed by atoms with Crippen LogP contribution in [0.5, 0.6) is 0 Å². The van der Waals surface area contributed by atoms with Gasteiger partial charge in [0.2, 0.25) is 0 Å². The fraction of sp³-hybridized carbons (Fsp3) is 0.889. The van der Waals surface area contributed by atoms with Crippen LogP contribution in [-0.4, -0.2) is 45.5 Å². The number of likely N-dealkylation sites (N-methyl/N-ethyl adjacent to an activating group) is 2. The highest BCUT2D eigenvalue weighted by molar-refractivity contribution is 5.59. The van der Waals surface area contributed by atoms with Gasteiger partial charge in [0.05, 0.1) is 0 Å². The smallest absolute Gasteiger partial charge is 0.433 e. The predicted octanol–water partition coefficient (Wildman–Crippen LogP) is 0.359. The molecule has 2 N–H and O–H groups in total. The summed E-state index contributed by atoms with van der Waals surface area (Å²) in [5.41, 5.74) is 0. The molecule has 14 heavy (non-hydrogen) atoms. The lowest BCUT2D eigenvalue weighted by molar-refractivity contribution is 0.0568. The molecule has 0 saturated carbocycles. The normalized spacial score (nSPS) is 9.86. The monoisotopic (exact) mass is 204 g/mol. The van der Waals surface area contributed by atoms with Crippen LogP contribution in [0.3, 0.4) is 0 Å². The van der Waals surface area contributed by atoms with E-state index in [2.05, 4.69) is 10.6 Å². The van der Waals surface area contributed by atoms with Crippen LogP contribution in [-0.2, 0) is 9.47 Å². The zero-order chi connectivity index (χ0) is 10.6. The van der Waals surface area contributed by atoms with Crippen molar-refractivity contribution >= 4 is 6.16 Å². The first-order chi connectivity index (χ1) is 6.81. The van der Waals surface area contributed by atoms with Gasteiger partial charge in [-0.25, -0.2) is 4.79 Å². The van der Waals surface area contributed by atoms with Crippen molar-refractivity contribution in [3.05, 3.63) is 0 Å². The van der Waals surface area contributed by atoms with Gasteiger partial charge in [0.15, 0.2) is 0 Å². The Morgan fingerprint density at radius 1 is 1.00 bits per heavy atom. The molecule has 0 aliphatic carbocycles. The van der Waals surface area contributed by atoms with Gasteiger partial charge in [0, 0.05) is 13.1 Å². The fourth-order valence-electron chi connectivity index (χ4n) is 0.808. The van der Waals surface area contributed by atoms with Crippen LogP contribution in [0.1, 0.15) is 13.8 Å². The Kier molecular flexibility index (Phi) is 9.68. The maximum absolute atomic E-state index is 10.9. The van der Waals surface area contributed by atoms with Crippen LogP contribution in [0.25, 0.3) is 0 Å². The van der Waals surface area contributed by atoms with Crippen LogP contribution in [0, 0.1) is 0 Å². The number of rotatable bonds is 8. The summed E-state index contributed by atoms with van der Waals surface area (Å²) in [6.45, 7) is 7.78. The van der Waals surface area contributed by atoms with Crippen molar-refractivity contribution < 1.29 is 14.3 Å². The first-order valence-corrected chi connectivity index (χ1v) is 5.02. The summed E-state index contributed by atoms with van der Waals surface area (Å²) in [5, 5.41) is 6.07. The predicted molar refractivity (Wildman–Crippen MR) is 54.4 cm³/mol. The molecule has 0 amide bonds. The molecular weight excluding hydrogens is 184 g/mol. The van der Waals surface area contributed by atoms with Crippen molar-refractivity contribution in [3.63, 3.8) is 0 Å². The van der Waals surface area contributed by atoms with Crippen molar-refractivity contribution in [3.8, 4) is 0 Å². The zero-order valence-corrected chi connectivity index (χ0v) is 8.97. The molecule has 0 aliphatic rings. The van der Waals surface area contributed by atoms with Gasteiger partial charge in [0.25, 0.3) is 0 Å². The Hall–Kier alpha value is -0.810. The quantitative estimate of drug-likeness (QED) is 0.441. The van der Waals surface area contributed by atoms with E-state index in [-0.39, 0.29) is 0 Å². The molecule has 0 saturated heterocycles. The Labute approximate surface area is 85.1 Å². The number of carbonyl (C=O) groups excluding carboxylic acids is 1. The van der Waals surface area contributed by atoms with Crippen molar-refractivity contribution in [2.24, 2.45) is 0 Å². The van der Waals surface area contributed by atoms with Crippen LogP contribution in [0.2, 0.25) is 0 Å². The van der Waals surface area contributed by atoms with E-state index in [1.807, 2.05) is 13.8 Å². The van der Waals surface area contributed by atoms with E-state index in [1.54, 1.807) is 0 Å². The summed E-state index contributed by atoms with van der Waals surface area (Å²) in [6, 6.07) is 0. The molecule has 0 aromatic heterocycles. The van der Waals surface area contributed by atoms with Gasteiger partial charge < -0.3 is 20.1 Å². The second-order valence-electron chi connectivity index (χ2n) is 2.65. The van der Waals surface area contributed by atoms with E-state index in [4.69, 9.17) is 9.47 Å². The Balaban J connectivity index is 3.11. The highest BCUT2D eigenvalue weighted by Gasteiger charge is 2.01. The Morgan fingerprint density at radius 2 is 1.43 bits per heavy atom. The maximum atomic E-state index is 10.9. The molecule has 0 rings (SSSR count). The highest BCUT2D eigenvalue weighted by atomic mass is 16.7. The molecule has 0 aromatic rings. The van der Waals surface area contributed by atoms with E-state index >= 15 is 0 Å². The molecule has 0 spiro atoms. The summed E-state index contributed by atoms with van der Waals surface area (Å²) in [6.07, 6.45) is -0.596. The van der Waals surface area contributed by atoms with E-state index in [1.165, 1.54) is 0 Å². The van der Waals surface area contributed by atoms with E-state index in [0.29, 0.717) is 26.3 Å². The molecule has 0 aliphatic heterocycles. The van der Waals surface area contributed by atoms with Gasteiger partial charge in [0.1, 0.15) is 13.2 Å². The van der Waals surface area contributed by atoms with E-state index in [0.717, 1.165) is 13.1 Å². The third kappa shape index (κ3) is 9.28. The fourth-order valence-corrected chi connectivity index (χ4v) is 0.808. The van der Waals surface area contributed by atoms with Crippen LogP contribution in [0.4, 0.5) is 4.79 Å². The molecule has 0 heterocycles. The van der Waals surface area contributed by atoms with Crippen LogP contribution in [0.15, 0.2) is 0 Å². The van der Waals surface area contributed by atoms with Crippen molar-refractivity contribution in [1.82, 2.24) is 10.6 Å². The molecule has 0 fully saturated rings. The number of hydrogen-bond donors (Lipinski definition) is 2. The first kappa shape index (κ1) is 13.2. The summed E-state index contributed by atoms with van der Waals surface area (Å²) in [4.78, 5) is 10.9. The summed E-state index contributed by atoms with van der Waals surface area (Å²) < 4.78 is 9.55. The second-order valence-corrected chi connectivity index (χ2v) is 2.65. The third-order valence-corrected chi connectivity index (χ3v) is 1.50. The number of nitrogens with one attached hydrogen (secondary N) is 2. The standard InChI is InChI=1S/C9H20N2O3/c1-3-10-5-7-13-9(12)14-8-6-11-4-2/h10-11H,3-8H2,1-2H3. The molecule has 84 valence electrons.